The average molecular weight is 354 g/mol. The molecule has 20 heavy (non-hydrogen) atoms. The normalized spacial score (nSPS) is 10.2. The fourth-order valence-corrected chi connectivity index (χ4v) is 2.34. The van der Waals surface area contributed by atoms with Crippen LogP contribution < -0.4 is 10.4 Å². The molecule has 2 rings (SSSR count). The summed E-state index contributed by atoms with van der Waals surface area (Å²) >= 11 is 9.41. The van der Waals surface area contributed by atoms with Crippen molar-refractivity contribution in [3.05, 3.63) is 63.6 Å². The molecule has 3 nitrogen and oxygen atoms in total. The summed E-state index contributed by atoms with van der Waals surface area (Å²) < 4.78 is 1.00. The van der Waals surface area contributed by atoms with Gasteiger partial charge in [-0.05, 0) is 35.9 Å². The Morgan fingerprint density at radius 1 is 1.20 bits per heavy atom. The van der Waals surface area contributed by atoms with E-state index in [1.54, 1.807) is 17.1 Å². The zero-order chi connectivity index (χ0) is 14.5. The van der Waals surface area contributed by atoms with Crippen LogP contribution in [0.2, 0.25) is 5.02 Å². The molecular weight excluding hydrogens is 340 g/mol. The van der Waals surface area contributed by atoms with Gasteiger partial charge in [0.25, 0.3) is 0 Å². The van der Waals surface area contributed by atoms with Crippen LogP contribution >= 0.6 is 27.5 Å². The van der Waals surface area contributed by atoms with Crippen LogP contribution in [0.1, 0.15) is 12.5 Å². The van der Waals surface area contributed by atoms with E-state index in [9.17, 15) is 4.79 Å². The van der Waals surface area contributed by atoms with E-state index in [0.717, 1.165) is 15.7 Å². The molecule has 0 atom stereocenters. The average Bonchev–Trinajstić information content (AvgIpc) is 2.41. The number of rotatable bonds is 4. The molecule has 2 aromatic rings. The molecule has 0 fully saturated rings. The molecule has 1 N–H and O–H groups in total. The van der Waals surface area contributed by atoms with Crippen molar-refractivity contribution in [2.45, 2.75) is 13.5 Å². The Morgan fingerprint density at radius 2 is 1.85 bits per heavy atom. The second-order valence-electron chi connectivity index (χ2n) is 4.32. The van der Waals surface area contributed by atoms with E-state index >= 15 is 0 Å². The van der Waals surface area contributed by atoms with E-state index in [2.05, 4.69) is 21.4 Å². The zero-order valence-electron chi connectivity index (χ0n) is 10.9. The molecule has 0 saturated carbocycles. The summed E-state index contributed by atoms with van der Waals surface area (Å²) in [6.07, 6.45) is 0. The Morgan fingerprint density at radius 3 is 2.45 bits per heavy atom. The molecule has 0 unspecified atom stereocenters. The number of amides is 1. The monoisotopic (exact) mass is 352 g/mol. The first-order valence-electron chi connectivity index (χ1n) is 6.10. The fourth-order valence-electron chi connectivity index (χ4n) is 1.80. The number of benzene rings is 2. The van der Waals surface area contributed by atoms with E-state index in [-0.39, 0.29) is 5.91 Å². The first-order valence-corrected chi connectivity index (χ1v) is 7.27. The molecule has 0 saturated heterocycles. The maximum Gasteiger partial charge on any atom is 0.235 e. The Hall–Kier alpha value is -1.52. The summed E-state index contributed by atoms with van der Waals surface area (Å²) in [5.41, 5.74) is 4.78. The summed E-state index contributed by atoms with van der Waals surface area (Å²) in [7, 11) is 0. The van der Waals surface area contributed by atoms with Gasteiger partial charge in [0, 0.05) is 16.4 Å². The van der Waals surface area contributed by atoms with Crippen LogP contribution in [0.3, 0.4) is 0 Å². The molecule has 104 valence electrons. The number of carbonyl (C=O) groups is 1. The molecule has 0 bridgehead atoms. The number of hydrazine groups is 1. The molecule has 5 heteroatoms. The van der Waals surface area contributed by atoms with Gasteiger partial charge in [0.1, 0.15) is 0 Å². The highest BCUT2D eigenvalue weighted by Gasteiger charge is 2.10. The summed E-state index contributed by atoms with van der Waals surface area (Å²) in [5, 5.41) is 2.45. The van der Waals surface area contributed by atoms with Crippen LogP contribution in [0.4, 0.5) is 5.69 Å². The Kier molecular flexibility index (Phi) is 5.04. The van der Waals surface area contributed by atoms with E-state index in [0.29, 0.717) is 11.6 Å². The van der Waals surface area contributed by atoms with Gasteiger partial charge in [-0.15, -0.1) is 0 Å². The number of carbonyl (C=O) groups excluding carboxylic acids is 1. The van der Waals surface area contributed by atoms with Gasteiger partial charge in [-0.3, -0.25) is 15.2 Å². The highest BCUT2D eigenvalue weighted by Crippen LogP contribution is 2.22. The molecule has 0 heterocycles. The van der Waals surface area contributed by atoms with Gasteiger partial charge >= 0.3 is 0 Å². The molecule has 0 radical (unpaired) electrons. The standard InChI is InChI=1S/C15H14BrClN2O/c1-11(20)18-19(14-8-6-13(17)7-9-14)10-12-4-2-3-5-15(12)16/h2-9H,10H2,1H3,(H,18,20). The van der Waals surface area contributed by atoms with Crippen LogP contribution in [0.15, 0.2) is 53.0 Å². The maximum atomic E-state index is 11.4. The third kappa shape index (κ3) is 3.99. The van der Waals surface area contributed by atoms with Crippen molar-refractivity contribution in [2.75, 3.05) is 5.01 Å². The van der Waals surface area contributed by atoms with Crippen LogP contribution in [-0.4, -0.2) is 5.91 Å². The Bertz CT molecular complexity index is 601. The van der Waals surface area contributed by atoms with Gasteiger partial charge in [0.15, 0.2) is 0 Å². The first kappa shape index (κ1) is 14.9. The highest BCUT2D eigenvalue weighted by molar-refractivity contribution is 9.10. The zero-order valence-corrected chi connectivity index (χ0v) is 13.3. The van der Waals surface area contributed by atoms with Crippen molar-refractivity contribution in [1.82, 2.24) is 5.43 Å². The van der Waals surface area contributed by atoms with Crippen LogP contribution in [0.5, 0.6) is 0 Å². The number of nitrogens with zero attached hydrogens (tertiary/aromatic N) is 1. The van der Waals surface area contributed by atoms with Crippen LogP contribution in [0.25, 0.3) is 0 Å². The predicted octanol–water partition coefficient (Wildman–Crippen LogP) is 4.16. The Labute approximate surface area is 131 Å². The number of hydrogen-bond donors (Lipinski definition) is 1. The molecule has 2 aromatic carbocycles. The summed E-state index contributed by atoms with van der Waals surface area (Å²) in [5.74, 6) is -0.119. The van der Waals surface area contributed by atoms with E-state index in [1.165, 1.54) is 6.92 Å². The topological polar surface area (TPSA) is 32.3 Å². The SMILES string of the molecule is CC(=O)NN(Cc1ccccc1Br)c1ccc(Cl)cc1. The van der Waals surface area contributed by atoms with E-state index in [4.69, 9.17) is 11.6 Å². The van der Waals surface area contributed by atoms with Crippen molar-refractivity contribution in [3.63, 3.8) is 0 Å². The van der Waals surface area contributed by atoms with E-state index in [1.807, 2.05) is 36.4 Å². The van der Waals surface area contributed by atoms with Crippen molar-refractivity contribution < 1.29 is 4.79 Å². The van der Waals surface area contributed by atoms with Crippen molar-refractivity contribution in [3.8, 4) is 0 Å². The van der Waals surface area contributed by atoms with Crippen molar-refractivity contribution in [1.29, 1.82) is 0 Å². The van der Waals surface area contributed by atoms with Crippen molar-refractivity contribution >= 4 is 39.1 Å². The van der Waals surface area contributed by atoms with Gasteiger partial charge in [-0.25, -0.2) is 0 Å². The van der Waals surface area contributed by atoms with Gasteiger partial charge in [0.2, 0.25) is 5.91 Å². The molecule has 1 amide bonds. The largest absolute Gasteiger partial charge is 0.281 e. The lowest BCUT2D eigenvalue weighted by Gasteiger charge is -2.25. The van der Waals surface area contributed by atoms with Crippen molar-refractivity contribution in [2.24, 2.45) is 0 Å². The number of anilines is 1. The third-order valence-electron chi connectivity index (χ3n) is 2.72. The molecule has 0 aliphatic rings. The fraction of sp³-hybridized carbons (Fsp3) is 0.133. The first-order chi connectivity index (χ1) is 9.56. The smallest absolute Gasteiger partial charge is 0.235 e. The third-order valence-corrected chi connectivity index (χ3v) is 3.74. The van der Waals surface area contributed by atoms with Gasteiger partial charge < -0.3 is 0 Å². The van der Waals surface area contributed by atoms with Gasteiger partial charge in [-0.2, -0.15) is 0 Å². The number of nitrogens with one attached hydrogen (secondary N) is 1. The lowest BCUT2D eigenvalue weighted by atomic mass is 10.2. The predicted molar refractivity (Wildman–Crippen MR) is 85.6 cm³/mol. The Balaban J connectivity index is 2.26. The highest BCUT2D eigenvalue weighted by atomic mass is 79.9. The second-order valence-corrected chi connectivity index (χ2v) is 5.61. The maximum absolute atomic E-state index is 11.4. The lowest BCUT2D eigenvalue weighted by molar-refractivity contribution is -0.119. The minimum absolute atomic E-state index is 0.119. The van der Waals surface area contributed by atoms with E-state index < -0.39 is 0 Å². The molecular formula is C15H14BrClN2O. The molecule has 0 aliphatic carbocycles. The molecule has 0 aromatic heterocycles. The van der Waals surface area contributed by atoms with Crippen LogP contribution in [-0.2, 0) is 11.3 Å². The number of hydrogen-bond acceptors (Lipinski definition) is 2. The van der Waals surface area contributed by atoms with Gasteiger partial charge in [-0.1, -0.05) is 45.7 Å². The second kappa shape index (κ2) is 6.77. The summed E-state index contributed by atoms with van der Waals surface area (Å²) in [4.78, 5) is 11.4. The lowest BCUT2D eigenvalue weighted by Crippen LogP contribution is -2.40. The minimum atomic E-state index is -0.119. The van der Waals surface area contributed by atoms with Gasteiger partial charge in [0.05, 0.1) is 12.2 Å². The molecule has 0 aliphatic heterocycles. The number of halogens is 2. The molecule has 0 spiro atoms. The summed E-state index contributed by atoms with van der Waals surface area (Å²) in [6, 6.07) is 15.2. The quantitative estimate of drug-likeness (QED) is 0.837. The summed E-state index contributed by atoms with van der Waals surface area (Å²) in [6.45, 7) is 2.05. The minimum Gasteiger partial charge on any atom is -0.281 e. The van der Waals surface area contributed by atoms with Crippen LogP contribution in [0, 0.1) is 0 Å².